The van der Waals surface area contributed by atoms with Gasteiger partial charge in [-0.2, -0.15) is 0 Å². The standard InChI is InChI=1S/C25H28N2O6S/c1-18-8-14-23(15-9-18)34(30,31)27(24-6-4-5-7-25(24)32-3)16-21(29)17-33-22-12-10-20(11-13-22)26-19(2)28/h4-15,21,29H,16-17H2,1-3H3,(H,26,28). The van der Waals surface area contributed by atoms with Gasteiger partial charge >= 0.3 is 0 Å². The Labute approximate surface area is 199 Å². The molecule has 0 aliphatic heterocycles. The summed E-state index contributed by atoms with van der Waals surface area (Å²) in [6.07, 6.45) is -1.14. The summed E-state index contributed by atoms with van der Waals surface area (Å²) in [6, 6.07) is 19.9. The number of hydrogen-bond acceptors (Lipinski definition) is 6. The number of methoxy groups -OCH3 is 1. The van der Waals surface area contributed by atoms with Crippen molar-refractivity contribution in [3.63, 3.8) is 0 Å². The molecule has 1 unspecified atom stereocenters. The Morgan fingerprint density at radius 2 is 1.68 bits per heavy atom. The molecule has 0 saturated heterocycles. The molecule has 0 spiro atoms. The van der Waals surface area contributed by atoms with E-state index in [0.29, 0.717) is 22.9 Å². The normalized spacial score (nSPS) is 12.0. The topological polar surface area (TPSA) is 105 Å². The number of hydrogen-bond donors (Lipinski definition) is 2. The number of ether oxygens (including phenoxy) is 2. The second kappa shape index (κ2) is 11.0. The third kappa shape index (κ3) is 6.27. The molecule has 2 N–H and O–H groups in total. The number of nitrogens with zero attached hydrogens (tertiary/aromatic N) is 1. The quantitative estimate of drug-likeness (QED) is 0.456. The molecule has 0 aliphatic carbocycles. The monoisotopic (exact) mass is 484 g/mol. The molecule has 0 heterocycles. The maximum absolute atomic E-state index is 13.5. The molecule has 180 valence electrons. The second-order valence-corrected chi connectivity index (χ2v) is 9.55. The van der Waals surface area contributed by atoms with Crippen molar-refractivity contribution < 1.29 is 27.8 Å². The van der Waals surface area contributed by atoms with E-state index in [4.69, 9.17) is 9.47 Å². The number of aryl methyl sites for hydroxylation is 1. The molecule has 1 amide bonds. The van der Waals surface area contributed by atoms with Gasteiger partial charge in [0.1, 0.15) is 24.2 Å². The van der Waals surface area contributed by atoms with E-state index in [9.17, 15) is 18.3 Å². The molecular weight excluding hydrogens is 456 g/mol. The lowest BCUT2D eigenvalue weighted by Crippen LogP contribution is -2.40. The molecule has 1 atom stereocenters. The first-order valence-corrected chi connectivity index (χ1v) is 12.1. The zero-order valence-corrected chi connectivity index (χ0v) is 20.1. The van der Waals surface area contributed by atoms with Crippen molar-refractivity contribution in [3.05, 3.63) is 78.4 Å². The number of aliphatic hydroxyl groups is 1. The zero-order chi connectivity index (χ0) is 24.7. The molecule has 3 aromatic rings. The van der Waals surface area contributed by atoms with Crippen LogP contribution < -0.4 is 19.1 Å². The summed E-state index contributed by atoms with van der Waals surface area (Å²) < 4.78 is 39.2. The number of aliphatic hydroxyl groups excluding tert-OH is 1. The Morgan fingerprint density at radius 1 is 1.03 bits per heavy atom. The third-order valence-corrected chi connectivity index (χ3v) is 6.75. The fraction of sp³-hybridized carbons (Fsp3) is 0.240. The van der Waals surface area contributed by atoms with Crippen molar-refractivity contribution in [2.75, 3.05) is 29.9 Å². The van der Waals surface area contributed by atoms with E-state index < -0.39 is 16.1 Å². The van der Waals surface area contributed by atoms with Crippen molar-refractivity contribution >= 4 is 27.3 Å². The van der Waals surface area contributed by atoms with Crippen LogP contribution in [0.5, 0.6) is 11.5 Å². The number of benzene rings is 3. The van der Waals surface area contributed by atoms with Gasteiger partial charge in [0, 0.05) is 12.6 Å². The van der Waals surface area contributed by atoms with Gasteiger partial charge in [-0.1, -0.05) is 29.8 Å². The SMILES string of the molecule is COc1ccccc1N(CC(O)COc1ccc(NC(C)=O)cc1)S(=O)(=O)c1ccc(C)cc1. The Kier molecular flexibility index (Phi) is 8.14. The minimum atomic E-state index is -4.00. The van der Waals surface area contributed by atoms with Gasteiger partial charge in [0.05, 0.1) is 24.2 Å². The molecule has 9 heteroatoms. The van der Waals surface area contributed by atoms with E-state index in [1.54, 1.807) is 60.7 Å². The van der Waals surface area contributed by atoms with Gasteiger partial charge in [-0.05, 0) is 55.5 Å². The highest BCUT2D eigenvalue weighted by Gasteiger charge is 2.29. The number of anilines is 2. The zero-order valence-electron chi connectivity index (χ0n) is 19.3. The molecule has 3 aromatic carbocycles. The van der Waals surface area contributed by atoms with Crippen LogP contribution in [0.4, 0.5) is 11.4 Å². The predicted molar refractivity (Wildman–Crippen MR) is 131 cm³/mol. The van der Waals surface area contributed by atoms with Crippen molar-refractivity contribution in [2.45, 2.75) is 24.8 Å². The van der Waals surface area contributed by atoms with Crippen molar-refractivity contribution in [1.29, 1.82) is 0 Å². The van der Waals surface area contributed by atoms with E-state index in [2.05, 4.69) is 5.32 Å². The van der Waals surface area contributed by atoms with E-state index in [1.807, 2.05) is 6.92 Å². The Balaban J connectivity index is 1.81. The Morgan fingerprint density at radius 3 is 2.29 bits per heavy atom. The number of sulfonamides is 1. The van der Waals surface area contributed by atoms with Crippen LogP contribution in [-0.2, 0) is 14.8 Å². The van der Waals surface area contributed by atoms with Gasteiger partial charge in [0.25, 0.3) is 10.0 Å². The van der Waals surface area contributed by atoms with Crippen LogP contribution in [0.1, 0.15) is 12.5 Å². The first-order valence-electron chi connectivity index (χ1n) is 10.6. The summed E-state index contributed by atoms with van der Waals surface area (Å²) in [6.45, 7) is 2.90. The van der Waals surface area contributed by atoms with Crippen LogP contribution in [0.25, 0.3) is 0 Å². The lowest BCUT2D eigenvalue weighted by atomic mass is 10.2. The lowest BCUT2D eigenvalue weighted by molar-refractivity contribution is -0.114. The highest BCUT2D eigenvalue weighted by atomic mass is 32.2. The first kappa shape index (κ1) is 25.1. The van der Waals surface area contributed by atoms with Gasteiger partial charge in [0.15, 0.2) is 0 Å². The summed E-state index contributed by atoms with van der Waals surface area (Å²) in [5.41, 5.74) is 1.86. The van der Waals surface area contributed by atoms with Gasteiger partial charge in [-0.25, -0.2) is 8.42 Å². The van der Waals surface area contributed by atoms with Crippen molar-refractivity contribution in [1.82, 2.24) is 0 Å². The molecule has 34 heavy (non-hydrogen) atoms. The molecule has 0 saturated carbocycles. The van der Waals surface area contributed by atoms with Gasteiger partial charge < -0.3 is 19.9 Å². The smallest absolute Gasteiger partial charge is 0.264 e. The number of amides is 1. The minimum Gasteiger partial charge on any atom is -0.495 e. The molecular formula is C25H28N2O6S. The molecule has 0 fully saturated rings. The van der Waals surface area contributed by atoms with Crippen LogP contribution in [-0.4, -0.2) is 45.8 Å². The number of nitrogens with one attached hydrogen (secondary N) is 1. The van der Waals surface area contributed by atoms with E-state index in [0.717, 1.165) is 9.87 Å². The van der Waals surface area contributed by atoms with Crippen LogP contribution >= 0.6 is 0 Å². The number of para-hydroxylation sites is 2. The maximum Gasteiger partial charge on any atom is 0.264 e. The Bertz CT molecular complexity index is 1210. The van der Waals surface area contributed by atoms with Crippen LogP contribution in [0.3, 0.4) is 0 Å². The average Bonchev–Trinajstić information content (AvgIpc) is 2.82. The number of rotatable bonds is 10. The fourth-order valence-corrected chi connectivity index (χ4v) is 4.79. The minimum absolute atomic E-state index is 0.102. The van der Waals surface area contributed by atoms with E-state index in [-0.39, 0.29) is 24.0 Å². The molecule has 0 bridgehead atoms. The lowest BCUT2D eigenvalue weighted by Gasteiger charge is -2.28. The average molecular weight is 485 g/mol. The second-order valence-electron chi connectivity index (χ2n) is 7.69. The highest BCUT2D eigenvalue weighted by Crippen LogP contribution is 2.32. The van der Waals surface area contributed by atoms with Crippen LogP contribution in [0.2, 0.25) is 0 Å². The molecule has 3 rings (SSSR count). The maximum atomic E-state index is 13.5. The van der Waals surface area contributed by atoms with Crippen LogP contribution in [0.15, 0.2) is 77.7 Å². The van der Waals surface area contributed by atoms with Gasteiger partial charge in [0.2, 0.25) is 5.91 Å². The summed E-state index contributed by atoms with van der Waals surface area (Å²) in [4.78, 5) is 11.2. The van der Waals surface area contributed by atoms with Gasteiger partial charge in [-0.3, -0.25) is 9.10 Å². The van der Waals surface area contributed by atoms with Crippen LogP contribution in [0, 0.1) is 6.92 Å². The molecule has 0 aromatic heterocycles. The van der Waals surface area contributed by atoms with E-state index in [1.165, 1.54) is 26.2 Å². The van der Waals surface area contributed by atoms with Crippen molar-refractivity contribution in [2.24, 2.45) is 0 Å². The predicted octanol–water partition coefficient (Wildman–Crippen LogP) is 3.60. The molecule has 0 radical (unpaired) electrons. The summed E-state index contributed by atoms with van der Waals surface area (Å²) >= 11 is 0. The first-order chi connectivity index (χ1) is 16.2. The van der Waals surface area contributed by atoms with E-state index >= 15 is 0 Å². The van der Waals surface area contributed by atoms with Crippen molar-refractivity contribution in [3.8, 4) is 11.5 Å². The number of carbonyl (C=O) groups is 1. The highest BCUT2D eigenvalue weighted by molar-refractivity contribution is 7.92. The molecule has 0 aliphatic rings. The summed E-state index contributed by atoms with van der Waals surface area (Å²) in [5.74, 6) is 0.647. The Hall–Kier alpha value is -3.56. The molecule has 8 nitrogen and oxygen atoms in total. The third-order valence-electron chi connectivity index (χ3n) is 4.96. The largest absolute Gasteiger partial charge is 0.495 e. The van der Waals surface area contributed by atoms with Gasteiger partial charge in [-0.15, -0.1) is 0 Å². The summed E-state index contributed by atoms with van der Waals surface area (Å²) in [5, 5.41) is 13.4. The fourth-order valence-electron chi connectivity index (χ4n) is 3.27. The summed E-state index contributed by atoms with van der Waals surface area (Å²) in [7, 11) is -2.54. The number of carbonyl (C=O) groups excluding carboxylic acids is 1.